The average Bonchev–Trinajstić information content (AvgIpc) is 3.76. The Labute approximate surface area is 282 Å². The summed E-state index contributed by atoms with van der Waals surface area (Å²) in [5.74, 6) is 1.35. The number of piperidine rings is 1. The molecule has 0 bridgehead atoms. The smallest absolute Gasteiger partial charge is 0.324 e. The van der Waals surface area contributed by atoms with Crippen LogP contribution in [0.5, 0.6) is 0 Å². The fourth-order valence-corrected chi connectivity index (χ4v) is 6.28. The van der Waals surface area contributed by atoms with Crippen LogP contribution in [-0.2, 0) is 32.5 Å². The zero-order valence-corrected chi connectivity index (χ0v) is 28.2. The lowest BCUT2D eigenvalue weighted by atomic mass is 9.88. The van der Waals surface area contributed by atoms with E-state index in [0.717, 1.165) is 53.0 Å². The van der Waals surface area contributed by atoms with E-state index in [9.17, 15) is 9.59 Å². The lowest BCUT2D eigenvalue weighted by Gasteiger charge is -2.34. The topological polar surface area (TPSA) is 97.7 Å². The number of aromatic nitrogens is 2. The Kier molecular flexibility index (Phi) is 9.85. The van der Waals surface area contributed by atoms with Crippen molar-refractivity contribution in [1.82, 2.24) is 14.7 Å². The summed E-state index contributed by atoms with van der Waals surface area (Å²) < 4.78 is 12.8. The van der Waals surface area contributed by atoms with Gasteiger partial charge in [-0.15, -0.1) is 0 Å². The van der Waals surface area contributed by atoms with Crippen LogP contribution in [-0.4, -0.2) is 46.5 Å². The van der Waals surface area contributed by atoms with Crippen LogP contribution in [0.4, 0.5) is 16.3 Å². The minimum Gasteiger partial charge on any atom is -0.462 e. The molecule has 4 aromatic rings. The van der Waals surface area contributed by atoms with Crippen LogP contribution in [0.1, 0.15) is 56.0 Å². The van der Waals surface area contributed by atoms with Crippen LogP contribution in [0, 0.1) is 18.8 Å². The maximum absolute atomic E-state index is 13.7. The highest BCUT2D eigenvalue weighted by molar-refractivity contribution is 5.99. The predicted octanol–water partition coefficient (Wildman–Crippen LogP) is 7.61. The van der Waals surface area contributed by atoms with Gasteiger partial charge in [-0.2, -0.15) is 5.10 Å². The number of hydrogen-bond donors (Lipinski definition) is 2. The summed E-state index contributed by atoms with van der Waals surface area (Å²) in [5.41, 5.74) is 5.72. The third-order valence-corrected chi connectivity index (χ3v) is 9.05. The van der Waals surface area contributed by atoms with E-state index in [1.807, 2.05) is 90.7 Å². The monoisotopic (exact) mass is 647 g/mol. The molecule has 250 valence electrons. The lowest BCUT2D eigenvalue weighted by Crippen LogP contribution is -2.43. The van der Waals surface area contributed by atoms with Gasteiger partial charge in [0.25, 0.3) is 0 Å². The molecule has 1 saturated heterocycles. The largest absolute Gasteiger partial charge is 0.462 e. The van der Waals surface area contributed by atoms with Gasteiger partial charge in [0.1, 0.15) is 23.8 Å². The normalized spacial score (nSPS) is 15.7. The Balaban J connectivity index is 1.06. The quantitative estimate of drug-likeness (QED) is 0.195. The van der Waals surface area contributed by atoms with Gasteiger partial charge < -0.3 is 19.7 Å². The highest BCUT2D eigenvalue weighted by Gasteiger charge is 2.33. The van der Waals surface area contributed by atoms with Crippen molar-refractivity contribution >= 4 is 23.4 Å². The first-order valence-electron chi connectivity index (χ1n) is 16.7. The predicted molar refractivity (Wildman–Crippen MR) is 188 cm³/mol. The number of nitrogens with zero attached hydrogens (tertiary/aromatic N) is 3. The summed E-state index contributed by atoms with van der Waals surface area (Å²) in [6.45, 7) is 9.92. The van der Waals surface area contributed by atoms with Crippen molar-refractivity contribution in [2.24, 2.45) is 11.8 Å². The SMILES string of the molecule is Cc1ccc(-n2nc(C(C)(C)C)cc2NC(=O)Nc2cccc(CC3CCN(C(=O)C(Cc4ccccc4)C4=COCO4)CC3)c2)cc1. The lowest BCUT2D eigenvalue weighted by molar-refractivity contribution is -0.136. The number of benzene rings is 3. The van der Waals surface area contributed by atoms with E-state index < -0.39 is 5.92 Å². The molecule has 3 aromatic carbocycles. The minimum absolute atomic E-state index is 0.0876. The van der Waals surface area contributed by atoms with Crippen molar-refractivity contribution in [3.8, 4) is 5.69 Å². The molecule has 0 radical (unpaired) electrons. The maximum Gasteiger partial charge on any atom is 0.324 e. The minimum atomic E-state index is -0.393. The van der Waals surface area contributed by atoms with Crippen molar-refractivity contribution in [2.75, 3.05) is 30.5 Å². The molecule has 0 aliphatic carbocycles. The standard InChI is InChI=1S/C39H45N5O4/c1-27-13-15-32(16-14-27)44-36(24-35(42-44)39(2,3)4)41-38(46)40-31-12-8-11-30(22-31)21-29-17-19-43(20-18-29)37(45)33(34-25-47-26-48-34)23-28-9-6-5-7-10-28/h5-16,22,24-25,29,33H,17-21,23,26H2,1-4H3,(H2,40,41,46). The van der Waals surface area contributed by atoms with Crippen LogP contribution >= 0.6 is 0 Å². The molecule has 1 atom stereocenters. The summed E-state index contributed by atoms with van der Waals surface area (Å²) in [5, 5.41) is 10.9. The molecule has 9 nitrogen and oxygen atoms in total. The number of rotatable bonds is 9. The number of anilines is 2. The molecule has 9 heteroatoms. The first-order valence-corrected chi connectivity index (χ1v) is 16.7. The third kappa shape index (κ3) is 8.08. The Morgan fingerprint density at radius 3 is 2.33 bits per heavy atom. The molecule has 0 spiro atoms. The summed E-state index contributed by atoms with van der Waals surface area (Å²) in [6, 6.07) is 27.7. The van der Waals surface area contributed by atoms with Gasteiger partial charge in [-0.3, -0.25) is 10.1 Å². The molecular formula is C39H45N5O4. The van der Waals surface area contributed by atoms with Gasteiger partial charge in [0, 0.05) is 30.3 Å². The Morgan fingerprint density at radius 1 is 0.917 bits per heavy atom. The Morgan fingerprint density at radius 2 is 1.65 bits per heavy atom. The highest BCUT2D eigenvalue weighted by Crippen LogP contribution is 2.29. The fraction of sp³-hybridized carbons (Fsp3) is 0.359. The molecule has 3 heterocycles. The van der Waals surface area contributed by atoms with Gasteiger partial charge in [0.2, 0.25) is 12.7 Å². The second kappa shape index (κ2) is 14.4. The van der Waals surface area contributed by atoms with E-state index in [0.29, 0.717) is 37.0 Å². The van der Waals surface area contributed by atoms with Gasteiger partial charge in [-0.25, -0.2) is 9.48 Å². The van der Waals surface area contributed by atoms with E-state index in [2.05, 4.69) is 37.5 Å². The summed E-state index contributed by atoms with van der Waals surface area (Å²) in [6.07, 6.45) is 4.87. The van der Waals surface area contributed by atoms with Crippen molar-refractivity contribution in [2.45, 2.75) is 58.8 Å². The van der Waals surface area contributed by atoms with Crippen molar-refractivity contribution in [3.05, 3.63) is 119 Å². The number of carbonyl (C=O) groups is 2. The number of carbonyl (C=O) groups excluding carboxylic acids is 2. The van der Waals surface area contributed by atoms with Gasteiger partial charge in [-0.1, -0.05) is 80.9 Å². The number of urea groups is 1. The summed E-state index contributed by atoms with van der Waals surface area (Å²) in [4.78, 5) is 28.9. The molecule has 3 amide bonds. The summed E-state index contributed by atoms with van der Waals surface area (Å²) in [7, 11) is 0. The number of likely N-dealkylation sites (tertiary alicyclic amines) is 1. The molecule has 2 aliphatic rings. The fourth-order valence-electron chi connectivity index (χ4n) is 6.28. The molecule has 0 saturated carbocycles. The second-order valence-electron chi connectivity index (χ2n) is 13.9. The third-order valence-electron chi connectivity index (χ3n) is 9.05. The average molecular weight is 648 g/mol. The zero-order valence-electron chi connectivity index (χ0n) is 28.2. The molecule has 48 heavy (non-hydrogen) atoms. The van der Waals surface area contributed by atoms with E-state index in [4.69, 9.17) is 14.6 Å². The Bertz CT molecular complexity index is 1750. The number of hydrogen-bond acceptors (Lipinski definition) is 5. The van der Waals surface area contributed by atoms with Gasteiger partial charge in [0.05, 0.1) is 11.4 Å². The molecule has 1 unspecified atom stereocenters. The Hall–Kier alpha value is -5.05. The first-order chi connectivity index (χ1) is 23.1. The van der Waals surface area contributed by atoms with Crippen LogP contribution in [0.2, 0.25) is 0 Å². The molecule has 1 fully saturated rings. The van der Waals surface area contributed by atoms with Crippen LogP contribution < -0.4 is 10.6 Å². The van der Waals surface area contributed by atoms with Gasteiger partial charge >= 0.3 is 6.03 Å². The second-order valence-corrected chi connectivity index (χ2v) is 13.9. The van der Waals surface area contributed by atoms with Crippen LogP contribution in [0.3, 0.4) is 0 Å². The van der Waals surface area contributed by atoms with Crippen molar-refractivity contribution < 1.29 is 19.1 Å². The molecule has 1 aromatic heterocycles. The number of aryl methyl sites for hydroxylation is 1. The van der Waals surface area contributed by atoms with Crippen LogP contribution in [0.25, 0.3) is 5.69 Å². The van der Waals surface area contributed by atoms with Crippen LogP contribution in [0.15, 0.2) is 97.0 Å². The summed E-state index contributed by atoms with van der Waals surface area (Å²) >= 11 is 0. The van der Waals surface area contributed by atoms with E-state index in [1.54, 1.807) is 10.9 Å². The van der Waals surface area contributed by atoms with Crippen molar-refractivity contribution in [3.63, 3.8) is 0 Å². The van der Waals surface area contributed by atoms with E-state index in [1.165, 1.54) is 0 Å². The highest BCUT2D eigenvalue weighted by atomic mass is 16.7. The molecule has 2 N–H and O–H groups in total. The number of nitrogens with one attached hydrogen (secondary N) is 2. The van der Waals surface area contributed by atoms with Crippen molar-refractivity contribution in [1.29, 1.82) is 0 Å². The van der Waals surface area contributed by atoms with Gasteiger partial charge in [-0.05, 0) is 73.9 Å². The van der Waals surface area contributed by atoms with Gasteiger partial charge in [0.15, 0.2) is 0 Å². The molecule has 6 rings (SSSR count). The molecule has 2 aliphatic heterocycles. The number of ether oxygens (including phenoxy) is 2. The maximum atomic E-state index is 13.7. The van der Waals surface area contributed by atoms with E-state index >= 15 is 0 Å². The molecular weight excluding hydrogens is 602 g/mol. The number of amides is 3. The van der Waals surface area contributed by atoms with E-state index in [-0.39, 0.29) is 24.1 Å². The zero-order chi connectivity index (χ0) is 33.7. The first kappa shape index (κ1) is 32.9.